The van der Waals surface area contributed by atoms with E-state index in [-0.39, 0.29) is 18.9 Å². The van der Waals surface area contributed by atoms with Gasteiger partial charge in [-0.05, 0) is 42.2 Å². The van der Waals surface area contributed by atoms with Crippen molar-refractivity contribution in [2.24, 2.45) is 0 Å². The standard InChI is InChI=1S/C19H22N2O5S3/c1-26-13-5-3-12(4-6-13)11-15-17(23)21(19(27)29-15)9-7-16(22)20-14(18(24)25)8-10-28-2/h3-6,11,14H,7-10H2,1-2H3,(H,20,22)(H,24,25)/b15-11+/t14-/m0/s1. The van der Waals surface area contributed by atoms with Crippen molar-refractivity contribution in [2.45, 2.75) is 18.9 Å². The number of carbonyl (C=O) groups excluding carboxylic acids is 2. The van der Waals surface area contributed by atoms with Gasteiger partial charge in [0.1, 0.15) is 16.1 Å². The monoisotopic (exact) mass is 454 g/mol. The number of benzene rings is 1. The first-order valence-corrected chi connectivity index (χ1v) is 11.4. The molecule has 29 heavy (non-hydrogen) atoms. The number of amides is 2. The van der Waals surface area contributed by atoms with E-state index in [9.17, 15) is 19.5 Å². The Bertz CT molecular complexity index is 811. The van der Waals surface area contributed by atoms with Gasteiger partial charge >= 0.3 is 5.97 Å². The highest BCUT2D eigenvalue weighted by Crippen LogP contribution is 2.32. The number of aliphatic carboxylic acids is 1. The fourth-order valence-corrected chi connectivity index (χ4v) is 4.30. The zero-order chi connectivity index (χ0) is 21.4. The zero-order valence-electron chi connectivity index (χ0n) is 16.0. The highest BCUT2D eigenvalue weighted by atomic mass is 32.2. The van der Waals surface area contributed by atoms with E-state index in [1.807, 2.05) is 18.4 Å². The number of rotatable bonds is 10. The molecule has 2 amide bonds. The van der Waals surface area contributed by atoms with Gasteiger partial charge in [0.15, 0.2) is 0 Å². The van der Waals surface area contributed by atoms with Crippen molar-refractivity contribution >= 4 is 63.9 Å². The van der Waals surface area contributed by atoms with E-state index in [4.69, 9.17) is 17.0 Å². The smallest absolute Gasteiger partial charge is 0.326 e. The Morgan fingerprint density at radius 1 is 1.38 bits per heavy atom. The first-order valence-electron chi connectivity index (χ1n) is 8.76. The quantitative estimate of drug-likeness (QED) is 0.411. The van der Waals surface area contributed by atoms with Gasteiger partial charge in [0.05, 0.1) is 12.0 Å². The van der Waals surface area contributed by atoms with Gasteiger partial charge in [-0.2, -0.15) is 11.8 Å². The summed E-state index contributed by atoms with van der Waals surface area (Å²) >= 11 is 7.96. The SMILES string of the molecule is COc1ccc(/C=C2/SC(=S)N(CCC(=O)N[C@@H](CCSC)C(=O)O)C2=O)cc1. The number of carboxylic acid groups (broad SMARTS) is 1. The summed E-state index contributed by atoms with van der Waals surface area (Å²) < 4.78 is 5.49. The van der Waals surface area contributed by atoms with Gasteiger partial charge in [-0.1, -0.05) is 36.1 Å². The maximum atomic E-state index is 12.6. The van der Waals surface area contributed by atoms with E-state index in [0.717, 1.165) is 11.3 Å². The van der Waals surface area contributed by atoms with Crippen LogP contribution in [0.2, 0.25) is 0 Å². The number of hydrogen-bond donors (Lipinski definition) is 2. The van der Waals surface area contributed by atoms with Gasteiger partial charge in [0.25, 0.3) is 5.91 Å². The number of nitrogens with zero attached hydrogens (tertiary/aromatic N) is 1. The molecule has 156 valence electrons. The molecule has 1 atom stereocenters. The topological polar surface area (TPSA) is 95.9 Å². The fraction of sp³-hybridized carbons (Fsp3) is 0.368. The number of ether oxygens (including phenoxy) is 1. The van der Waals surface area contributed by atoms with E-state index < -0.39 is 17.9 Å². The van der Waals surface area contributed by atoms with E-state index in [2.05, 4.69) is 5.32 Å². The third-order valence-corrected chi connectivity index (χ3v) is 6.12. The minimum absolute atomic E-state index is 0.0225. The van der Waals surface area contributed by atoms with Crippen molar-refractivity contribution in [3.8, 4) is 5.75 Å². The number of nitrogens with one attached hydrogen (secondary N) is 1. The van der Waals surface area contributed by atoms with Crippen LogP contribution in [-0.4, -0.2) is 63.8 Å². The molecule has 7 nitrogen and oxygen atoms in total. The molecule has 1 aliphatic heterocycles. The molecule has 1 aromatic rings. The number of carboxylic acids is 1. The summed E-state index contributed by atoms with van der Waals surface area (Å²) in [5.74, 6) is -0.409. The van der Waals surface area contributed by atoms with Crippen LogP contribution in [-0.2, 0) is 14.4 Å². The normalized spacial score (nSPS) is 16.2. The fourth-order valence-electron chi connectivity index (χ4n) is 2.52. The first-order chi connectivity index (χ1) is 13.8. The molecule has 1 aromatic carbocycles. The lowest BCUT2D eigenvalue weighted by atomic mass is 10.2. The molecule has 10 heteroatoms. The molecular weight excluding hydrogens is 432 g/mol. The number of methoxy groups -OCH3 is 1. The Morgan fingerprint density at radius 2 is 2.07 bits per heavy atom. The summed E-state index contributed by atoms with van der Waals surface area (Å²) in [6, 6.07) is 6.33. The lowest BCUT2D eigenvalue weighted by Crippen LogP contribution is -2.42. The number of thioether (sulfide) groups is 2. The van der Waals surface area contributed by atoms with Crippen LogP contribution in [0.4, 0.5) is 0 Å². The van der Waals surface area contributed by atoms with Gasteiger partial charge in [0.2, 0.25) is 5.91 Å². The molecule has 0 bridgehead atoms. The summed E-state index contributed by atoms with van der Waals surface area (Å²) in [5, 5.41) is 11.7. The summed E-state index contributed by atoms with van der Waals surface area (Å²) in [6.45, 7) is 0.102. The molecule has 0 radical (unpaired) electrons. The molecule has 0 unspecified atom stereocenters. The number of hydrogen-bond acceptors (Lipinski definition) is 7. The zero-order valence-corrected chi connectivity index (χ0v) is 18.5. The molecule has 0 aromatic heterocycles. The summed E-state index contributed by atoms with van der Waals surface area (Å²) in [5.41, 5.74) is 0.835. The molecule has 1 heterocycles. The molecular formula is C19H22N2O5S3. The Kier molecular flexibility index (Phi) is 8.99. The van der Waals surface area contributed by atoms with Crippen molar-refractivity contribution < 1.29 is 24.2 Å². The van der Waals surface area contributed by atoms with Crippen LogP contribution < -0.4 is 10.1 Å². The average Bonchev–Trinajstić information content (AvgIpc) is 2.96. The van der Waals surface area contributed by atoms with Gasteiger partial charge in [0, 0.05) is 13.0 Å². The molecule has 1 saturated heterocycles. The maximum Gasteiger partial charge on any atom is 0.326 e. The predicted octanol–water partition coefficient (Wildman–Crippen LogP) is 2.61. The van der Waals surface area contributed by atoms with Crippen LogP contribution in [0.3, 0.4) is 0 Å². The Labute approximate surface area is 183 Å². The van der Waals surface area contributed by atoms with Crippen LogP contribution >= 0.6 is 35.7 Å². The van der Waals surface area contributed by atoms with Gasteiger partial charge in [-0.15, -0.1) is 0 Å². The van der Waals surface area contributed by atoms with Gasteiger partial charge in [-0.25, -0.2) is 4.79 Å². The highest BCUT2D eigenvalue weighted by molar-refractivity contribution is 8.26. The molecule has 2 N–H and O–H groups in total. The molecule has 1 fully saturated rings. The Balaban J connectivity index is 1.94. The number of carbonyl (C=O) groups is 3. The maximum absolute atomic E-state index is 12.6. The molecule has 2 rings (SSSR count). The molecule has 0 saturated carbocycles. The second-order valence-electron chi connectivity index (χ2n) is 6.10. The van der Waals surface area contributed by atoms with Gasteiger partial charge in [-0.3, -0.25) is 14.5 Å². The third-order valence-electron chi connectivity index (χ3n) is 4.09. The average molecular weight is 455 g/mol. The lowest BCUT2D eigenvalue weighted by Gasteiger charge is -2.17. The van der Waals surface area contributed by atoms with Crippen LogP contribution in [0.5, 0.6) is 5.75 Å². The van der Waals surface area contributed by atoms with Crippen molar-refractivity contribution in [3.63, 3.8) is 0 Å². The Morgan fingerprint density at radius 3 is 2.66 bits per heavy atom. The third kappa shape index (κ3) is 6.76. The second kappa shape index (κ2) is 11.2. The summed E-state index contributed by atoms with van der Waals surface area (Å²) in [6.07, 6.45) is 3.93. The molecule has 0 aliphatic carbocycles. The van der Waals surface area contributed by atoms with Crippen molar-refractivity contribution in [1.29, 1.82) is 0 Å². The minimum Gasteiger partial charge on any atom is -0.497 e. The van der Waals surface area contributed by atoms with E-state index >= 15 is 0 Å². The van der Waals surface area contributed by atoms with Crippen molar-refractivity contribution in [1.82, 2.24) is 10.2 Å². The molecule has 1 aliphatic rings. The van der Waals surface area contributed by atoms with Crippen LogP contribution in [0, 0.1) is 0 Å². The summed E-state index contributed by atoms with van der Waals surface area (Å²) in [7, 11) is 1.58. The van der Waals surface area contributed by atoms with E-state index in [1.54, 1.807) is 25.3 Å². The molecule has 0 spiro atoms. The minimum atomic E-state index is -1.07. The number of thiocarbonyl (C=S) groups is 1. The summed E-state index contributed by atoms with van der Waals surface area (Å²) in [4.78, 5) is 37.8. The van der Waals surface area contributed by atoms with Crippen molar-refractivity contribution in [3.05, 3.63) is 34.7 Å². The highest BCUT2D eigenvalue weighted by Gasteiger charge is 2.32. The first kappa shape index (κ1) is 23.2. The van der Waals surface area contributed by atoms with E-state index in [1.165, 1.54) is 28.4 Å². The van der Waals surface area contributed by atoms with Crippen LogP contribution in [0.1, 0.15) is 18.4 Å². The van der Waals surface area contributed by atoms with Gasteiger partial charge < -0.3 is 15.2 Å². The lowest BCUT2D eigenvalue weighted by molar-refractivity contribution is -0.142. The second-order valence-corrected chi connectivity index (χ2v) is 8.76. The van der Waals surface area contributed by atoms with Crippen LogP contribution in [0.15, 0.2) is 29.2 Å². The Hall–Kier alpha value is -2.04. The predicted molar refractivity (Wildman–Crippen MR) is 120 cm³/mol. The van der Waals surface area contributed by atoms with Crippen LogP contribution in [0.25, 0.3) is 6.08 Å². The largest absolute Gasteiger partial charge is 0.497 e. The van der Waals surface area contributed by atoms with E-state index in [0.29, 0.717) is 21.4 Å². The van der Waals surface area contributed by atoms with Crippen molar-refractivity contribution in [2.75, 3.05) is 25.7 Å².